The van der Waals surface area contributed by atoms with Crippen molar-refractivity contribution in [3.05, 3.63) is 34.2 Å². The zero-order chi connectivity index (χ0) is 11.7. The number of nitrogens with one attached hydrogen (secondary N) is 1. The van der Waals surface area contributed by atoms with Gasteiger partial charge in [0.2, 0.25) is 0 Å². The lowest BCUT2D eigenvalue weighted by molar-refractivity contribution is 0.467. The molecule has 1 unspecified atom stereocenters. The normalized spacial score (nSPS) is 12.8. The molecule has 1 N–H and O–H groups in total. The molecule has 0 aliphatic heterocycles. The number of nitrogens with zero attached hydrogens (tertiary/aromatic N) is 1. The lowest BCUT2D eigenvalue weighted by Crippen LogP contribution is -2.05. The Bertz CT molecular complexity index is 467. The van der Waals surface area contributed by atoms with E-state index in [1.807, 2.05) is 26.0 Å². The Labute approximate surface area is 99.5 Å². The standard InChI is InChI=1S/C12H16N2OS/c1-7-5-6-11(15-7)9(3)14-12-13-8(2)10(4)16-12/h5-6,9H,1-4H3,(H,13,14). The van der Waals surface area contributed by atoms with Gasteiger partial charge in [-0.05, 0) is 39.8 Å². The summed E-state index contributed by atoms with van der Waals surface area (Å²) in [5.41, 5.74) is 1.09. The van der Waals surface area contributed by atoms with Gasteiger partial charge in [-0.1, -0.05) is 0 Å². The predicted octanol–water partition coefficient (Wildman–Crippen LogP) is 3.83. The van der Waals surface area contributed by atoms with Crippen LogP contribution in [0.4, 0.5) is 5.13 Å². The highest BCUT2D eigenvalue weighted by molar-refractivity contribution is 7.15. The molecule has 0 saturated heterocycles. The summed E-state index contributed by atoms with van der Waals surface area (Å²) >= 11 is 1.68. The Morgan fingerprint density at radius 1 is 1.31 bits per heavy atom. The largest absolute Gasteiger partial charge is 0.464 e. The van der Waals surface area contributed by atoms with Crippen molar-refractivity contribution in [2.75, 3.05) is 5.32 Å². The van der Waals surface area contributed by atoms with E-state index in [9.17, 15) is 0 Å². The molecule has 0 radical (unpaired) electrons. The summed E-state index contributed by atoms with van der Waals surface area (Å²) in [4.78, 5) is 5.70. The Balaban J connectivity index is 2.10. The molecule has 0 spiro atoms. The van der Waals surface area contributed by atoms with Crippen molar-refractivity contribution in [2.24, 2.45) is 0 Å². The SMILES string of the molecule is Cc1ccc(C(C)Nc2nc(C)c(C)s2)o1. The predicted molar refractivity (Wildman–Crippen MR) is 67.1 cm³/mol. The number of anilines is 1. The third kappa shape index (κ3) is 2.27. The zero-order valence-electron chi connectivity index (χ0n) is 10.00. The van der Waals surface area contributed by atoms with Gasteiger partial charge < -0.3 is 9.73 Å². The van der Waals surface area contributed by atoms with Crippen LogP contribution < -0.4 is 5.32 Å². The van der Waals surface area contributed by atoms with Crippen LogP contribution in [0.15, 0.2) is 16.5 Å². The van der Waals surface area contributed by atoms with Crippen LogP contribution in [0.3, 0.4) is 0 Å². The van der Waals surface area contributed by atoms with E-state index in [2.05, 4.69) is 24.1 Å². The fraction of sp³-hybridized carbons (Fsp3) is 0.417. The fourth-order valence-corrected chi connectivity index (χ4v) is 2.38. The maximum atomic E-state index is 5.57. The van der Waals surface area contributed by atoms with Gasteiger partial charge in [0, 0.05) is 4.88 Å². The van der Waals surface area contributed by atoms with Gasteiger partial charge in [0.05, 0.1) is 11.7 Å². The minimum absolute atomic E-state index is 0.152. The van der Waals surface area contributed by atoms with Crippen LogP contribution in [0.25, 0.3) is 0 Å². The first kappa shape index (κ1) is 11.2. The molecule has 1 atom stereocenters. The molecule has 2 aromatic heterocycles. The van der Waals surface area contributed by atoms with Crippen molar-refractivity contribution < 1.29 is 4.42 Å². The van der Waals surface area contributed by atoms with Crippen molar-refractivity contribution in [2.45, 2.75) is 33.7 Å². The molecular formula is C12H16N2OS. The van der Waals surface area contributed by atoms with Gasteiger partial charge in [0.15, 0.2) is 5.13 Å². The summed E-state index contributed by atoms with van der Waals surface area (Å²) in [6.07, 6.45) is 0. The summed E-state index contributed by atoms with van der Waals surface area (Å²) < 4.78 is 5.57. The molecule has 0 aliphatic carbocycles. The Morgan fingerprint density at radius 3 is 2.56 bits per heavy atom. The minimum Gasteiger partial charge on any atom is -0.464 e. The van der Waals surface area contributed by atoms with Crippen molar-refractivity contribution in [3.8, 4) is 0 Å². The first-order chi connectivity index (χ1) is 7.56. The maximum absolute atomic E-state index is 5.57. The molecular weight excluding hydrogens is 220 g/mol. The highest BCUT2D eigenvalue weighted by Gasteiger charge is 2.11. The van der Waals surface area contributed by atoms with Gasteiger partial charge in [0.25, 0.3) is 0 Å². The van der Waals surface area contributed by atoms with E-state index in [-0.39, 0.29) is 6.04 Å². The molecule has 86 valence electrons. The van der Waals surface area contributed by atoms with Gasteiger partial charge in [-0.15, -0.1) is 11.3 Å². The molecule has 2 aromatic rings. The van der Waals surface area contributed by atoms with Crippen LogP contribution in [0, 0.1) is 20.8 Å². The van der Waals surface area contributed by atoms with Gasteiger partial charge in [-0.25, -0.2) is 4.98 Å². The van der Waals surface area contributed by atoms with Gasteiger partial charge in [0.1, 0.15) is 11.5 Å². The molecule has 2 rings (SSSR count). The van der Waals surface area contributed by atoms with Crippen LogP contribution in [0.5, 0.6) is 0 Å². The number of aromatic nitrogens is 1. The molecule has 0 fully saturated rings. The number of rotatable bonds is 3. The van der Waals surface area contributed by atoms with Crippen LogP contribution >= 0.6 is 11.3 Å². The number of furan rings is 1. The summed E-state index contributed by atoms with van der Waals surface area (Å²) in [7, 11) is 0. The summed E-state index contributed by atoms with van der Waals surface area (Å²) in [6.45, 7) is 8.14. The number of thiazole rings is 1. The van der Waals surface area contributed by atoms with E-state index in [1.165, 1.54) is 4.88 Å². The highest BCUT2D eigenvalue weighted by atomic mass is 32.1. The van der Waals surface area contributed by atoms with E-state index >= 15 is 0 Å². The van der Waals surface area contributed by atoms with E-state index in [0.717, 1.165) is 22.3 Å². The maximum Gasteiger partial charge on any atom is 0.183 e. The van der Waals surface area contributed by atoms with Crippen molar-refractivity contribution in [3.63, 3.8) is 0 Å². The first-order valence-electron chi connectivity index (χ1n) is 5.33. The van der Waals surface area contributed by atoms with Crippen molar-refractivity contribution in [1.82, 2.24) is 4.98 Å². The summed E-state index contributed by atoms with van der Waals surface area (Å²) in [5.74, 6) is 1.89. The summed E-state index contributed by atoms with van der Waals surface area (Å²) in [5, 5.41) is 4.30. The molecule has 16 heavy (non-hydrogen) atoms. The fourth-order valence-electron chi connectivity index (χ4n) is 1.48. The second kappa shape index (κ2) is 4.29. The van der Waals surface area contributed by atoms with Gasteiger partial charge in [-0.3, -0.25) is 0 Å². The Kier molecular flexibility index (Phi) is 3.01. The molecule has 0 amide bonds. The first-order valence-corrected chi connectivity index (χ1v) is 6.15. The smallest absolute Gasteiger partial charge is 0.183 e. The molecule has 2 heterocycles. The number of hydrogen-bond acceptors (Lipinski definition) is 4. The molecule has 0 saturated carbocycles. The molecule has 4 heteroatoms. The van der Waals surface area contributed by atoms with Gasteiger partial charge >= 0.3 is 0 Å². The van der Waals surface area contributed by atoms with Crippen LogP contribution in [0.2, 0.25) is 0 Å². The third-order valence-corrected chi connectivity index (χ3v) is 3.56. The number of aryl methyl sites for hydroxylation is 3. The highest BCUT2D eigenvalue weighted by Crippen LogP contribution is 2.26. The minimum atomic E-state index is 0.152. The van der Waals surface area contributed by atoms with Gasteiger partial charge in [-0.2, -0.15) is 0 Å². The Morgan fingerprint density at radius 2 is 2.06 bits per heavy atom. The monoisotopic (exact) mass is 236 g/mol. The average Bonchev–Trinajstić information content (AvgIpc) is 2.75. The second-order valence-corrected chi connectivity index (χ2v) is 5.18. The van der Waals surface area contributed by atoms with Crippen LogP contribution in [-0.4, -0.2) is 4.98 Å². The van der Waals surface area contributed by atoms with E-state index in [1.54, 1.807) is 11.3 Å². The molecule has 3 nitrogen and oxygen atoms in total. The van der Waals surface area contributed by atoms with E-state index in [0.29, 0.717) is 0 Å². The lowest BCUT2D eigenvalue weighted by Gasteiger charge is -2.09. The van der Waals surface area contributed by atoms with Crippen LogP contribution in [-0.2, 0) is 0 Å². The molecule has 0 aromatic carbocycles. The average molecular weight is 236 g/mol. The van der Waals surface area contributed by atoms with Crippen molar-refractivity contribution >= 4 is 16.5 Å². The summed E-state index contributed by atoms with van der Waals surface area (Å²) in [6, 6.07) is 4.13. The topological polar surface area (TPSA) is 38.1 Å². The van der Waals surface area contributed by atoms with Crippen LogP contribution in [0.1, 0.15) is 35.1 Å². The Hall–Kier alpha value is -1.29. The molecule has 0 bridgehead atoms. The van der Waals surface area contributed by atoms with E-state index in [4.69, 9.17) is 4.42 Å². The second-order valence-electron chi connectivity index (χ2n) is 3.98. The van der Waals surface area contributed by atoms with E-state index < -0.39 is 0 Å². The third-order valence-electron chi connectivity index (χ3n) is 2.56. The number of hydrogen-bond donors (Lipinski definition) is 1. The van der Waals surface area contributed by atoms with Crippen molar-refractivity contribution in [1.29, 1.82) is 0 Å². The lowest BCUT2D eigenvalue weighted by atomic mass is 10.2. The molecule has 0 aliphatic rings. The zero-order valence-corrected chi connectivity index (χ0v) is 10.8. The quantitative estimate of drug-likeness (QED) is 0.880.